The molecule has 8 nitrogen and oxygen atoms in total. The van der Waals surface area contributed by atoms with Crippen molar-refractivity contribution in [3.63, 3.8) is 0 Å². The number of rotatable bonds is 11. The summed E-state index contributed by atoms with van der Waals surface area (Å²) >= 11 is 5.28. The SMILES string of the molecule is CC1(C)C(=O)N(c2ccc(C#N)c(C(F)(F)F)c2F)C(=S)N1c1cnc(-c2ccc(OCCC(F)(F)COCC=O)cc2C(F)(F)F)c(F)c1. The van der Waals surface area contributed by atoms with Gasteiger partial charge in [-0.1, -0.05) is 0 Å². The lowest BCUT2D eigenvalue weighted by molar-refractivity contribution is -0.140. The first-order chi connectivity index (χ1) is 23.2. The Labute approximate surface area is 281 Å². The third kappa shape index (κ3) is 7.50. The zero-order chi connectivity index (χ0) is 37.4. The van der Waals surface area contributed by atoms with Crippen molar-refractivity contribution in [2.75, 3.05) is 29.6 Å². The average molecular weight is 737 g/mol. The molecule has 1 fully saturated rings. The number of anilines is 2. The molecule has 266 valence electrons. The van der Waals surface area contributed by atoms with Crippen molar-refractivity contribution < 1.29 is 63.0 Å². The second-order valence-electron chi connectivity index (χ2n) is 11.1. The molecule has 0 radical (unpaired) electrons. The number of carbonyl (C=O) groups is 2. The molecule has 1 amide bonds. The number of alkyl halides is 8. The van der Waals surface area contributed by atoms with Gasteiger partial charge in [0.05, 0.1) is 41.4 Å². The molecule has 0 unspecified atom stereocenters. The van der Waals surface area contributed by atoms with Crippen molar-refractivity contribution >= 4 is 40.9 Å². The topological polar surface area (TPSA) is 95.8 Å². The molecule has 3 aromatic rings. The van der Waals surface area contributed by atoms with Gasteiger partial charge in [0.25, 0.3) is 11.8 Å². The highest BCUT2D eigenvalue weighted by molar-refractivity contribution is 7.81. The molecule has 2 aromatic carbocycles. The molecule has 2 heterocycles. The Morgan fingerprint density at radius 2 is 1.70 bits per heavy atom. The quantitative estimate of drug-likeness (QED) is 0.0867. The minimum Gasteiger partial charge on any atom is -0.493 e. The van der Waals surface area contributed by atoms with Crippen LogP contribution in [0.5, 0.6) is 5.75 Å². The molecule has 0 saturated carbocycles. The smallest absolute Gasteiger partial charge is 0.420 e. The predicted molar refractivity (Wildman–Crippen MR) is 159 cm³/mol. The van der Waals surface area contributed by atoms with Crippen LogP contribution in [0.4, 0.5) is 55.3 Å². The molecule has 1 aliphatic heterocycles. The molecule has 1 aromatic heterocycles. The van der Waals surface area contributed by atoms with E-state index in [4.69, 9.17) is 22.2 Å². The normalized spacial score (nSPS) is 15.0. The molecule has 19 heteroatoms. The molecule has 4 rings (SSSR count). The molecule has 0 N–H and O–H groups in total. The number of ether oxygens (including phenoxy) is 2. The van der Waals surface area contributed by atoms with Gasteiger partial charge in [0.15, 0.2) is 16.7 Å². The first kappa shape index (κ1) is 38.0. The third-order valence-electron chi connectivity index (χ3n) is 7.31. The van der Waals surface area contributed by atoms with Gasteiger partial charge in [-0.25, -0.2) is 17.6 Å². The number of halogens is 10. The summed E-state index contributed by atoms with van der Waals surface area (Å²) in [6.45, 7) is -0.0230. The number of thiocarbonyl (C=S) groups is 1. The number of nitrogens with zero attached hydrogens (tertiary/aromatic N) is 4. The van der Waals surface area contributed by atoms with Gasteiger partial charge in [-0.05, 0) is 56.4 Å². The van der Waals surface area contributed by atoms with E-state index in [-0.39, 0.29) is 12.0 Å². The van der Waals surface area contributed by atoms with Gasteiger partial charge in [0.1, 0.15) is 42.0 Å². The van der Waals surface area contributed by atoms with E-state index in [0.29, 0.717) is 23.1 Å². The summed E-state index contributed by atoms with van der Waals surface area (Å²) in [5.74, 6) is -8.36. The minimum atomic E-state index is -5.34. The maximum Gasteiger partial charge on any atom is 0.420 e. The number of nitriles is 1. The van der Waals surface area contributed by atoms with Gasteiger partial charge in [0, 0.05) is 18.1 Å². The van der Waals surface area contributed by atoms with Crippen LogP contribution in [0.15, 0.2) is 42.6 Å². The van der Waals surface area contributed by atoms with Gasteiger partial charge in [-0.2, -0.15) is 31.6 Å². The number of aldehydes is 1. The fourth-order valence-electron chi connectivity index (χ4n) is 5.00. The molecule has 0 spiro atoms. The summed E-state index contributed by atoms with van der Waals surface area (Å²) < 4.78 is 151. The minimum absolute atomic E-state index is 0.259. The number of hydrogen-bond acceptors (Lipinski definition) is 7. The van der Waals surface area contributed by atoms with Crippen molar-refractivity contribution in [1.29, 1.82) is 5.26 Å². The molecular formula is C31H22F10N4O4S. The average Bonchev–Trinajstić information content (AvgIpc) is 3.18. The van der Waals surface area contributed by atoms with Crippen molar-refractivity contribution in [1.82, 2.24) is 4.98 Å². The number of amides is 1. The van der Waals surface area contributed by atoms with Crippen LogP contribution in [-0.2, 0) is 26.7 Å². The summed E-state index contributed by atoms with van der Waals surface area (Å²) in [7, 11) is 0. The van der Waals surface area contributed by atoms with Crippen LogP contribution in [-0.4, -0.2) is 53.6 Å². The first-order valence-electron chi connectivity index (χ1n) is 14.0. The lowest BCUT2D eigenvalue weighted by Gasteiger charge is -2.29. The Morgan fingerprint density at radius 1 is 1.02 bits per heavy atom. The van der Waals surface area contributed by atoms with Crippen LogP contribution in [0.1, 0.15) is 37.0 Å². The number of carbonyl (C=O) groups excluding carboxylic acids is 2. The summed E-state index contributed by atoms with van der Waals surface area (Å²) in [5, 5.41) is 8.42. The Kier molecular flexibility index (Phi) is 10.5. The Hall–Kier alpha value is -4.83. The fourth-order valence-corrected chi connectivity index (χ4v) is 5.51. The third-order valence-corrected chi connectivity index (χ3v) is 7.67. The van der Waals surface area contributed by atoms with Gasteiger partial charge < -0.3 is 19.2 Å². The van der Waals surface area contributed by atoms with Crippen LogP contribution in [0.25, 0.3) is 11.3 Å². The van der Waals surface area contributed by atoms with E-state index in [1.807, 2.05) is 0 Å². The molecule has 1 aliphatic rings. The largest absolute Gasteiger partial charge is 0.493 e. The molecule has 50 heavy (non-hydrogen) atoms. The van der Waals surface area contributed by atoms with E-state index in [1.54, 1.807) is 0 Å². The lowest BCUT2D eigenvalue weighted by atomic mass is 10.0. The second-order valence-corrected chi connectivity index (χ2v) is 11.5. The standard InChI is InChI=1S/C31H22F10N4O4S/c1-28(2)26(47)44(22-6-3-16(13-42)23(24(22)33)31(39,40)41)27(50)45(28)17-11-21(32)25(43-14-17)19-5-4-18(12-20(19)30(36,37)38)49-9-7-29(34,35)15-48-10-8-46/h3-6,8,11-12,14H,7,9-10,15H2,1-2H3. The Bertz CT molecular complexity index is 1880. The molecule has 0 aliphatic carbocycles. The van der Waals surface area contributed by atoms with Gasteiger partial charge >= 0.3 is 12.4 Å². The summed E-state index contributed by atoms with van der Waals surface area (Å²) in [6, 6.07) is 5.44. The van der Waals surface area contributed by atoms with E-state index in [0.717, 1.165) is 29.3 Å². The van der Waals surface area contributed by atoms with E-state index < -0.39 is 112 Å². The monoisotopic (exact) mass is 736 g/mol. The van der Waals surface area contributed by atoms with E-state index in [2.05, 4.69) is 9.72 Å². The number of hydrogen-bond donors (Lipinski definition) is 0. The number of benzene rings is 2. The summed E-state index contributed by atoms with van der Waals surface area (Å²) in [4.78, 5) is 28.8. The molecular weight excluding hydrogens is 714 g/mol. The first-order valence-corrected chi connectivity index (χ1v) is 14.4. The highest BCUT2D eigenvalue weighted by atomic mass is 32.1. The predicted octanol–water partition coefficient (Wildman–Crippen LogP) is 7.47. The lowest BCUT2D eigenvalue weighted by Crippen LogP contribution is -2.44. The van der Waals surface area contributed by atoms with Gasteiger partial charge in [-0.3, -0.25) is 14.7 Å². The maximum absolute atomic E-state index is 15.6. The van der Waals surface area contributed by atoms with E-state index in [9.17, 15) is 44.7 Å². The summed E-state index contributed by atoms with van der Waals surface area (Å²) in [5.41, 5.74) is -9.22. The van der Waals surface area contributed by atoms with Gasteiger partial charge in [0.2, 0.25) is 0 Å². The van der Waals surface area contributed by atoms with Crippen LogP contribution in [0.2, 0.25) is 0 Å². The molecule has 0 atom stereocenters. The summed E-state index contributed by atoms with van der Waals surface area (Å²) in [6.07, 6.45) is -10.3. The Balaban J connectivity index is 1.66. The van der Waals surface area contributed by atoms with Crippen LogP contribution in [0.3, 0.4) is 0 Å². The van der Waals surface area contributed by atoms with Crippen molar-refractivity contribution in [2.45, 2.75) is 44.1 Å². The second kappa shape index (κ2) is 13.8. The highest BCUT2D eigenvalue weighted by Crippen LogP contribution is 2.43. The maximum atomic E-state index is 15.6. The molecule has 0 bridgehead atoms. The highest BCUT2D eigenvalue weighted by Gasteiger charge is 2.52. The number of pyridine rings is 1. The van der Waals surface area contributed by atoms with Crippen molar-refractivity contribution in [3.8, 4) is 23.1 Å². The Morgan fingerprint density at radius 3 is 2.28 bits per heavy atom. The van der Waals surface area contributed by atoms with Crippen molar-refractivity contribution in [3.05, 3.63) is 70.9 Å². The van der Waals surface area contributed by atoms with Crippen LogP contribution < -0.4 is 14.5 Å². The van der Waals surface area contributed by atoms with E-state index >= 15 is 8.78 Å². The fraction of sp³-hybridized carbons (Fsp3) is 0.323. The zero-order valence-electron chi connectivity index (χ0n) is 25.6. The van der Waals surface area contributed by atoms with Gasteiger partial charge in [-0.15, -0.1) is 0 Å². The zero-order valence-corrected chi connectivity index (χ0v) is 26.4. The van der Waals surface area contributed by atoms with Crippen LogP contribution in [0, 0.1) is 23.0 Å². The molecule has 1 saturated heterocycles. The van der Waals surface area contributed by atoms with Crippen molar-refractivity contribution in [2.24, 2.45) is 0 Å². The van der Waals surface area contributed by atoms with Crippen LogP contribution >= 0.6 is 12.2 Å². The van der Waals surface area contributed by atoms with E-state index in [1.165, 1.54) is 19.9 Å². The number of aromatic nitrogens is 1.